The lowest BCUT2D eigenvalue weighted by Gasteiger charge is -2.32. The Morgan fingerprint density at radius 1 is 1.35 bits per heavy atom. The van der Waals surface area contributed by atoms with E-state index in [2.05, 4.69) is 30.7 Å². The molecule has 3 aliphatic rings. The maximum atomic E-state index is 13.9. The first kappa shape index (κ1) is 23.6. The van der Waals surface area contributed by atoms with E-state index in [9.17, 15) is 9.18 Å². The summed E-state index contributed by atoms with van der Waals surface area (Å²) in [5, 5.41) is 2.72. The maximum Gasteiger partial charge on any atom is 0.338 e. The molecule has 0 N–H and O–H groups in total. The van der Waals surface area contributed by atoms with Gasteiger partial charge in [0.15, 0.2) is 10.8 Å². The molecule has 1 aromatic heterocycles. The number of benzene rings is 1. The van der Waals surface area contributed by atoms with Gasteiger partial charge in [0.1, 0.15) is 11.9 Å². The number of aromatic nitrogens is 1. The summed E-state index contributed by atoms with van der Waals surface area (Å²) in [7, 11) is 0. The average molecular weight is 549 g/mol. The molecule has 0 aliphatic carbocycles. The smallest absolute Gasteiger partial charge is 0.338 e. The molecule has 4 heterocycles. The van der Waals surface area contributed by atoms with Crippen molar-refractivity contribution in [3.05, 3.63) is 61.9 Å². The van der Waals surface area contributed by atoms with Gasteiger partial charge in [0.25, 0.3) is 0 Å². The van der Waals surface area contributed by atoms with E-state index in [1.54, 1.807) is 19.2 Å². The molecule has 5 rings (SSSR count). The summed E-state index contributed by atoms with van der Waals surface area (Å²) in [4.78, 5) is 27.4. The van der Waals surface area contributed by atoms with Gasteiger partial charge in [-0.05, 0) is 37.0 Å². The summed E-state index contributed by atoms with van der Waals surface area (Å²) < 4.78 is 25.4. The normalized spacial score (nSPS) is 23.1. The molecule has 0 radical (unpaired) electrons. The van der Waals surface area contributed by atoms with Crippen LogP contribution >= 0.6 is 27.3 Å². The number of hydrogen-bond donors (Lipinski definition) is 0. The van der Waals surface area contributed by atoms with Crippen molar-refractivity contribution < 1.29 is 18.7 Å². The van der Waals surface area contributed by atoms with E-state index in [0.29, 0.717) is 16.0 Å². The van der Waals surface area contributed by atoms with Gasteiger partial charge >= 0.3 is 5.97 Å². The minimum atomic E-state index is -0.610. The Morgan fingerprint density at radius 3 is 2.88 bits per heavy atom. The number of carbonyl (C=O) groups excluding carboxylic acids is 1. The van der Waals surface area contributed by atoms with E-state index in [4.69, 9.17) is 14.5 Å². The Bertz CT molecular complexity index is 1120. The van der Waals surface area contributed by atoms with Gasteiger partial charge < -0.3 is 14.4 Å². The molecule has 2 fully saturated rings. The van der Waals surface area contributed by atoms with Crippen LogP contribution in [0.3, 0.4) is 0 Å². The Hall–Kier alpha value is -2.14. The third kappa shape index (κ3) is 4.68. The van der Waals surface area contributed by atoms with Gasteiger partial charge in [-0.15, -0.1) is 11.3 Å². The van der Waals surface area contributed by atoms with Crippen LogP contribution in [0.4, 0.5) is 4.39 Å². The zero-order valence-corrected chi connectivity index (χ0v) is 21.3. The van der Waals surface area contributed by atoms with Crippen molar-refractivity contribution in [1.29, 1.82) is 0 Å². The molecule has 180 valence electrons. The van der Waals surface area contributed by atoms with Crippen molar-refractivity contribution in [2.45, 2.75) is 19.4 Å². The van der Waals surface area contributed by atoms with Gasteiger partial charge in [-0.3, -0.25) is 9.89 Å². The fraction of sp³-hybridized carbons (Fsp3) is 0.458. The van der Waals surface area contributed by atoms with Crippen LogP contribution in [0.5, 0.6) is 0 Å². The lowest BCUT2D eigenvalue weighted by atomic mass is 9.93. The molecule has 2 aromatic rings. The van der Waals surface area contributed by atoms with E-state index in [1.807, 2.05) is 5.38 Å². The second-order valence-electron chi connectivity index (χ2n) is 8.53. The number of halogens is 2. The predicted molar refractivity (Wildman–Crippen MR) is 131 cm³/mol. The monoisotopic (exact) mass is 548 g/mol. The van der Waals surface area contributed by atoms with Crippen molar-refractivity contribution in [1.82, 2.24) is 14.8 Å². The zero-order chi connectivity index (χ0) is 23.7. The number of aliphatic imine (C=N–C) groups is 1. The predicted octanol–water partition coefficient (Wildman–Crippen LogP) is 4.02. The molecule has 7 nitrogen and oxygen atoms in total. The van der Waals surface area contributed by atoms with Crippen LogP contribution in [0.15, 0.2) is 50.5 Å². The molecule has 0 spiro atoms. The number of fused-ring (bicyclic) bond motifs is 1. The maximum absolute atomic E-state index is 13.9. The number of esters is 1. The number of amidine groups is 1. The van der Waals surface area contributed by atoms with Gasteiger partial charge in [0.2, 0.25) is 0 Å². The fourth-order valence-electron chi connectivity index (χ4n) is 4.86. The van der Waals surface area contributed by atoms with Crippen LogP contribution in [-0.4, -0.2) is 72.6 Å². The average Bonchev–Trinajstić information content (AvgIpc) is 3.49. The molecule has 3 aliphatic heterocycles. The van der Waals surface area contributed by atoms with Crippen molar-refractivity contribution in [2.24, 2.45) is 10.9 Å². The number of thiazole rings is 1. The van der Waals surface area contributed by atoms with E-state index in [1.165, 1.54) is 23.5 Å². The van der Waals surface area contributed by atoms with Crippen LogP contribution in [0, 0.1) is 11.7 Å². The van der Waals surface area contributed by atoms with Crippen LogP contribution in [0.25, 0.3) is 0 Å². The van der Waals surface area contributed by atoms with Crippen molar-refractivity contribution in [2.75, 3.05) is 46.0 Å². The van der Waals surface area contributed by atoms with Crippen molar-refractivity contribution in [3.63, 3.8) is 0 Å². The van der Waals surface area contributed by atoms with Crippen molar-refractivity contribution >= 4 is 39.1 Å². The number of ether oxygens (including phenoxy) is 2. The van der Waals surface area contributed by atoms with Crippen molar-refractivity contribution in [3.8, 4) is 0 Å². The Balaban J connectivity index is 1.58. The number of nitrogens with zero attached hydrogens (tertiary/aromatic N) is 4. The second-order valence-corrected chi connectivity index (χ2v) is 10.3. The van der Waals surface area contributed by atoms with Crippen LogP contribution in [-0.2, 0) is 14.3 Å². The highest BCUT2D eigenvalue weighted by atomic mass is 79.9. The molecule has 0 bridgehead atoms. The highest BCUT2D eigenvalue weighted by molar-refractivity contribution is 9.10. The summed E-state index contributed by atoms with van der Waals surface area (Å²) in [6.45, 7) is 7.08. The molecule has 2 saturated heterocycles. The summed E-state index contributed by atoms with van der Waals surface area (Å²) in [5.41, 5.74) is 2.18. The van der Waals surface area contributed by atoms with Gasteiger partial charge in [-0.2, -0.15) is 0 Å². The third-order valence-corrected chi connectivity index (χ3v) is 7.79. The van der Waals surface area contributed by atoms with Crippen LogP contribution in [0.2, 0.25) is 0 Å². The SMILES string of the molecule is CCOC(=O)C1=C2C[C@@H](CN3CCOCC3)CN2C(c2nccs2)=NC1c1ccc(F)cc1Br. The minimum absolute atomic E-state index is 0.271. The van der Waals surface area contributed by atoms with Crippen LogP contribution in [0.1, 0.15) is 30.0 Å². The Morgan fingerprint density at radius 2 is 2.18 bits per heavy atom. The minimum Gasteiger partial charge on any atom is -0.463 e. The molecule has 0 saturated carbocycles. The van der Waals surface area contributed by atoms with Gasteiger partial charge in [-0.1, -0.05) is 22.0 Å². The molecular formula is C24H26BrFN4O3S. The highest BCUT2D eigenvalue weighted by Gasteiger charge is 2.42. The molecule has 2 atom stereocenters. The van der Waals surface area contributed by atoms with Gasteiger partial charge in [0, 0.05) is 47.9 Å². The van der Waals surface area contributed by atoms with E-state index < -0.39 is 6.04 Å². The number of morpholine rings is 1. The lowest BCUT2D eigenvalue weighted by Crippen LogP contribution is -2.40. The highest BCUT2D eigenvalue weighted by Crippen LogP contribution is 2.44. The van der Waals surface area contributed by atoms with E-state index >= 15 is 0 Å². The number of allylic oxidation sites excluding steroid dienone is 1. The quantitative estimate of drug-likeness (QED) is 0.508. The fourth-order valence-corrected chi connectivity index (χ4v) is 6.07. The summed E-state index contributed by atoms with van der Waals surface area (Å²) in [6, 6.07) is 3.88. The third-order valence-electron chi connectivity index (χ3n) is 6.34. The largest absolute Gasteiger partial charge is 0.463 e. The van der Waals surface area contributed by atoms with Gasteiger partial charge in [0.05, 0.1) is 25.4 Å². The standard InChI is InChI=1S/C24H26BrFN4O3S/c1-2-33-24(31)20-19-11-15(13-29-6-8-32-9-7-29)14-30(19)22(23-27-5-10-34-23)28-21(20)17-4-3-16(26)12-18(17)25/h3-5,10,12,15,21H,2,6-9,11,13-14H2,1H3/t15-,21?/m0/s1. The Labute approximate surface area is 210 Å². The first-order valence-electron chi connectivity index (χ1n) is 11.5. The number of carbonyl (C=O) groups is 1. The van der Waals surface area contributed by atoms with E-state index in [-0.39, 0.29) is 18.4 Å². The van der Waals surface area contributed by atoms with Crippen LogP contribution < -0.4 is 0 Å². The summed E-state index contributed by atoms with van der Waals surface area (Å²) in [6.07, 6.45) is 2.50. The molecule has 1 aromatic carbocycles. The van der Waals surface area contributed by atoms with Gasteiger partial charge in [-0.25, -0.2) is 14.2 Å². The molecular weight excluding hydrogens is 523 g/mol. The topological polar surface area (TPSA) is 67.3 Å². The summed E-state index contributed by atoms with van der Waals surface area (Å²) >= 11 is 5.01. The zero-order valence-electron chi connectivity index (χ0n) is 18.9. The molecule has 1 unspecified atom stereocenters. The number of rotatable bonds is 6. The Kier molecular flexibility index (Phi) is 7.10. The van der Waals surface area contributed by atoms with E-state index in [0.717, 1.165) is 67.9 Å². The molecule has 0 amide bonds. The number of hydrogen-bond acceptors (Lipinski definition) is 8. The first-order valence-corrected chi connectivity index (χ1v) is 13.1. The lowest BCUT2D eigenvalue weighted by molar-refractivity contribution is -0.139. The second kappa shape index (κ2) is 10.2. The molecule has 34 heavy (non-hydrogen) atoms. The summed E-state index contributed by atoms with van der Waals surface area (Å²) in [5.74, 6) is 0.355. The molecule has 10 heteroatoms. The first-order chi connectivity index (χ1) is 16.5.